The van der Waals surface area contributed by atoms with E-state index in [4.69, 9.17) is 0 Å². The second-order valence-corrected chi connectivity index (χ2v) is 5.09. The molecule has 0 saturated carbocycles. The van der Waals surface area contributed by atoms with E-state index in [2.05, 4.69) is 31.2 Å². The smallest absolute Gasteiger partial charge is 0.127 e. The molecule has 1 N–H and O–H groups in total. The quantitative estimate of drug-likeness (QED) is 0.905. The third-order valence-corrected chi connectivity index (χ3v) is 3.73. The zero-order valence-corrected chi connectivity index (χ0v) is 12.6. The Labute approximate surface area is 119 Å². The lowest BCUT2D eigenvalue weighted by Gasteiger charge is -2.15. The Morgan fingerprint density at radius 2 is 2.00 bits per heavy atom. The molecule has 1 heterocycles. The number of hydrogen-bond donors (Lipinski definition) is 1. The molecule has 4 heteroatoms. The summed E-state index contributed by atoms with van der Waals surface area (Å²) in [5, 5.41) is 7.91. The van der Waals surface area contributed by atoms with Gasteiger partial charge in [0.2, 0.25) is 0 Å². The lowest BCUT2D eigenvalue weighted by atomic mass is 10.1. The van der Waals surface area contributed by atoms with Crippen LogP contribution >= 0.6 is 0 Å². The summed E-state index contributed by atoms with van der Waals surface area (Å²) in [7, 11) is 0. The molecule has 1 unspecified atom stereocenters. The number of aryl methyl sites for hydroxylation is 2. The van der Waals surface area contributed by atoms with Gasteiger partial charge in [0.05, 0.1) is 5.69 Å². The van der Waals surface area contributed by atoms with Crippen LogP contribution < -0.4 is 5.32 Å². The molecule has 20 heavy (non-hydrogen) atoms. The van der Waals surface area contributed by atoms with Gasteiger partial charge in [0, 0.05) is 36.0 Å². The Bertz CT molecular complexity index is 589. The van der Waals surface area contributed by atoms with E-state index in [1.165, 1.54) is 17.3 Å². The van der Waals surface area contributed by atoms with Crippen LogP contribution in [0.2, 0.25) is 0 Å². The van der Waals surface area contributed by atoms with E-state index < -0.39 is 0 Å². The number of hydrogen-bond acceptors (Lipinski definition) is 2. The van der Waals surface area contributed by atoms with Crippen LogP contribution in [-0.2, 0) is 13.1 Å². The molecule has 2 rings (SSSR count). The van der Waals surface area contributed by atoms with Crippen LogP contribution in [0.25, 0.3) is 0 Å². The van der Waals surface area contributed by atoms with Crippen LogP contribution in [0.1, 0.15) is 42.4 Å². The Balaban J connectivity index is 2.11. The van der Waals surface area contributed by atoms with Crippen molar-refractivity contribution in [2.45, 2.75) is 46.8 Å². The summed E-state index contributed by atoms with van der Waals surface area (Å²) >= 11 is 0. The Kier molecular flexibility index (Phi) is 4.55. The summed E-state index contributed by atoms with van der Waals surface area (Å²) in [6.45, 7) is 9.67. The highest BCUT2D eigenvalue weighted by atomic mass is 19.1. The highest BCUT2D eigenvalue weighted by molar-refractivity contribution is 5.28. The average molecular weight is 275 g/mol. The topological polar surface area (TPSA) is 29.9 Å². The number of nitrogens with zero attached hydrogens (tertiary/aromatic N) is 2. The molecule has 0 amide bonds. The van der Waals surface area contributed by atoms with Crippen LogP contribution in [0.4, 0.5) is 4.39 Å². The van der Waals surface area contributed by atoms with Crippen LogP contribution in [0.3, 0.4) is 0 Å². The molecular weight excluding hydrogens is 253 g/mol. The average Bonchev–Trinajstić information content (AvgIpc) is 2.72. The molecule has 0 aliphatic heterocycles. The van der Waals surface area contributed by atoms with Crippen molar-refractivity contribution < 1.29 is 4.39 Å². The molecule has 0 fully saturated rings. The molecule has 0 bridgehead atoms. The van der Waals surface area contributed by atoms with Crippen molar-refractivity contribution in [2.24, 2.45) is 0 Å². The fourth-order valence-electron chi connectivity index (χ4n) is 2.65. The molecule has 108 valence electrons. The molecular formula is C16H22FN3. The second-order valence-electron chi connectivity index (χ2n) is 5.09. The predicted molar refractivity (Wildman–Crippen MR) is 79.0 cm³/mol. The van der Waals surface area contributed by atoms with E-state index in [1.54, 1.807) is 6.07 Å². The lowest BCUT2D eigenvalue weighted by Crippen LogP contribution is -2.20. The van der Waals surface area contributed by atoms with E-state index in [0.29, 0.717) is 12.1 Å². The van der Waals surface area contributed by atoms with Gasteiger partial charge in [-0.15, -0.1) is 0 Å². The maximum atomic E-state index is 13.6. The maximum absolute atomic E-state index is 13.6. The van der Waals surface area contributed by atoms with Gasteiger partial charge in [-0.3, -0.25) is 4.68 Å². The molecule has 3 nitrogen and oxygen atoms in total. The molecule has 0 radical (unpaired) electrons. The largest absolute Gasteiger partial charge is 0.306 e. The van der Waals surface area contributed by atoms with E-state index in [-0.39, 0.29) is 11.9 Å². The van der Waals surface area contributed by atoms with Crippen molar-refractivity contribution >= 4 is 0 Å². The van der Waals surface area contributed by atoms with Gasteiger partial charge in [-0.2, -0.15) is 5.10 Å². The first-order valence-corrected chi connectivity index (χ1v) is 7.05. The van der Waals surface area contributed by atoms with Crippen LogP contribution in [-0.4, -0.2) is 9.78 Å². The van der Waals surface area contributed by atoms with Gasteiger partial charge in [0.15, 0.2) is 0 Å². The van der Waals surface area contributed by atoms with Crippen molar-refractivity contribution in [2.75, 3.05) is 0 Å². The monoisotopic (exact) mass is 275 g/mol. The van der Waals surface area contributed by atoms with Crippen molar-refractivity contribution in [1.29, 1.82) is 0 Å². The minimum absolute atomic E-state index is 0.148. The number of rotatable bonds is 5. The molecule has 0 aliphatic rings. The number of aromatic nitrogens is 2. The minimum Gasteiger partial charge on any atom is -0.306 e. The van der Waals surface area contributed by atoms with Crippen LogP contribution in [0, 0.1) is 19.7 Å². The first-order chi connectivity index (χ1) is 9.54. The SMILES string of the molecule is CCn1nc(C)c(C(C)NCc2ccccc2F)c1C. The number of nitrogens with one attached hydrogen (secondary N) is 1. The van der Waals surface area contributed by atoms with E-state index in [9.17, 15) is 4.39 Å². The molecule has 1 aromatic heterocycles. The zero-order chi connectivity index (χ0) is 14.7. The number of benzene rings is 1. The van der Waals surface area contributed by atoms with Gasteiger partial charge in [0.1, 0.15) is 5.82 Å². The normalized spacial score (nSPS) is 12.7. The fourth-order valence-corrected chi connectivity index (χ4v) is 2.65. The third kappa shape index (κ3) is 2.90. The van der Waals surface area contributed by atoms with Crippen molar-refractivity contribution in [3.05, 3.63) is 52.6 Å². The molecule has 2 aromatic rings. The second kappa shape index (κ2) is 6.18. The predicted octanol–water partition coefficient (Wildman–Crippen LogP) is 3.51. The van der Waals surface area contributed by atoms with Gasteiger partial charge in [0.25, 0.3) is 0 Å². The highest BCUT2D eigenvalue weighted by Crippen LogP contribution is 2.22. The highest BCUT2D eigenvalue weighted by Gasteiger charge is 2.16. The maximum Gasteiger partial charge on any atom is 0.127 e. The molecule has 1 atom stereocenters. The van der Waals surface area contributed by atoms with Gasteiger partial charge < -0.3 is 5.32 Å². The fraction of sp³-hybridized carbons (Fsp3) is 0.438. The van der Waals surface area contributed by atoms with Crippen LogP contribution in [0.15, 0.2) is 24.3 Å². The van der Waals surface area contributed by atoms with Crippen molar-refractivity contribution in [3.63, 3.8) is 0 Å². The minimum atomic E-state index is -0.162. The van der Waals surface area contributed by atoms with E-state index in [1.807, 2.05) is 23.7 Å². The summed E-state index contributed by atoms with van der Waals surface area (Å²) < 4.78 is 15.6. The van der Waals surface area contributed by atoms with Crippen LogP contribution in [0.5, 0.6) is 0 Å². The van der Waals surface area contributed by atoms with Gasteiger partial charge in [-0.25, -0.2) is 4.39 Å². The lowest BCUT2D eigenvalue weighted by molar-refractivity contribution is 0.540. The molecule has 0 aliphatic carbocycles. The third-order valence-electron chi connectivity index (χ3n) is 3.73. The Morgan fingerprint density at radius 3 is 2.60 bits per heavy atom. The van der Waals surface area contributed by atoms with E-state index >= 15 is 0 Å². The molecule has 1 aromatic carbocycles. The van der Waals surface area contributed by atoms with Gasteiger partial charge in [-0.05, 0) is 33.8 Å². The summed E-state index contributed by atoms with van der Waals surface area (Å²) in [6.07, 6.45) is 0. The summed E-state index contributed by atoms with van der Waals surface area (Å²) in [5.74, 6) is -0.162. The first kappa shape index (κ1) is 14.7. The standard InChI is InChI=1S/C16H22FN3/c1-5-20-13(4)16(12(3)19-20)11(2)18-10-14-8-6-7-9-15(14)17/h6-9,11,18H,5,10H2,1-4H3. The Morgan fingerprint density at radius 1 is 1.30 bits per heavy atom. The van der Waals surface area contributed by atoms with Gasteiger partial charge in [-0.1, -0.05) is 18.2 Å². The zero-order valence-electron chi connectivity index (χ0n) is 12.6. The summed E-state index contributed by atoms with van der Waals surface area (Å²) in [5.41, 5.74) is 4.12. The number of halogens is 1. The molecule has 0 saturated heterocycles. The first-order valence-electron chi connectivity index (χ1n) is 7.05. The summed E-state index contributed by atoms with van der Waals surface area (Å²) in [6, 6.07) is 7.02. The van der Waals surface area contributed by atoms with Gasteiger partial charge >= 0.3 is 0 Å². The Hall–Kier alpha value is -1.68. The summed E-state index contributed by atoms with van der Waals surface area (Å²) in [4.78, 5) is 0. The van der Waals surface area contributed by atoms with Crippen molar-refractivity contribution in [1.82, 2.24) is 15.1 Å². The van der Waals surface area contributed by atoms with E-state index in [0.717, 1.165) is 12.2 Å². The molecule has 0 spiro atoms. The van der Waals surface area contributed by atoms with Crippen molar-refractivity contribution in [3.8, 4) is 0 Å².